The van der Waals surface area contributed by atoms with E-state index in [4.69, 9.17) is 0 Å². The molecule has 0 unspecified atom stereocenters. The number of halogens is 1. The summed E-state index contributed by atoms with van der Waals surface area (Å²) in [6.07, 6.45) is 2.47. The summed E-state index contributed by atoms with van der Waals surface area (Å²) in [7, 11) is 0. The molecule has 0 radical (unpaired) electrons. The van der Waals surface area contributed by atoms with E-state index in [-0.39, 0.29) is 11.7 Å². The van der Waals surface area contributed by atoms with E-state index in [9.17, 15) is 9.90 Å². The van der Waals surface area contributed by atoms with E-state index >= 15 is 0 Å². The summed E-state index contributed by atoms with van der Waals surface area (Å²) in [5, 5.41) is 15.6. The maximum absolute atomic E-state index is 11.8. The second kappa shape index (κ2) is 5.51. The van der Waals surface area contributed by atoms with E-state index < -0.39 is 0 Å². The second-order valence-corrected chi connectivity index (χ2v) is 5.06. The Kier molecular flexibility index (Phi) is 4.02. The zero-order valence-corrected chi connectivity index (χ0v) is 11.0. The van der Waals surface area contributed by atoms with Crippen LogP contribution in [0, 0.1) is 0 Å². The van der Waals surface area contributed by atoms with Crippen LogP contribution >= 0.6 is 15.9 Å². The highest BCUT2D eigenvalue weighted by Crippen LogP contribution is 2.21. The molecule has 3 N–H and O–H groups in total. The lowest BCUT2D eigenvalue weighted by molar-refractivity contribution is 0.0951. The van der Waals surface area contributed by atoms with Crippen molar-refractivity contribution in [2.45, 2.75) is 18.9 Å². The van der Waals surface area contributed by atoms with Crippen LogP contribution in [0.15, 0.2) is 22.7 Å². The predicted octanol–water partition coefficient (Wildman–Crippen LogP) is 1.64. The van der Waals surface area contributed by atoms with Gasteiger partial charge in [-0.1, -0.05) is 15.9 Å². The van der Waals surface area contributed by atoms with Crippen LogP contribution < -0.4 is 10.6 Å². The van der Waals surface area contributed by atoms with Gasteiger partial charge in [-0.05, 0) is 31.0 Å². The van der Waals surface area contributed by atoms with Crippen molar-refractivity contribution >= 4 is 21.8 Å². The second-order valence-electron chi connectivity index (χ2n) is 4.15. The van der Waals surface area contributed by atoms with Gasteiger partial charge in [0.15, 0.2) is 0 Å². The minimum atomic E-state index is -0.249. The molecule has 0 aromatic heterocycles. The summed E-state index contributed by atoms with van der Waals surface area (Å²) in [5.41, 5.74) is 0.297. The van der Waals surface area contributed by atoms with Crippen LogP contribution in [0.5, 0.6) is 5.75 Å². The fourth-order valence-corrected chi connectivity index (χ4v) is 1.89. The molecule has 1 aromatic rings. The Bertz CT molecular complexity index is 419. The zero-order valence-electron chi connectivity index (χ0n) is 9.37. The molecule has 1 aliphatic carbocycles. The summed E-state index contributed by atoms with van der Waals surface area (Å²) >= 11 is 3.27. The number of benzene rings is 1. The number of hydrogen-bond donors (Lipinski definition) is 3. The number of phenols is 1. The summed E-state index contributed by atoms with van der Waals surface area (Å²) in [6.45, 7) is 1.34. The Labute approximate surface area is 109 Å². The Morgan fingerprint density at radius 2 is 2.18 bits per heavy atom. The first-order chi connectivity index (χ1) is 8.16. The van der Waals surface area contributed by atoms with Crippen LogP contribution in [0.2, 0.25) is 0 Å². The van der Waals surface area contributed by atoms with Crippen LogP contribution in [0.1, 0.15) is 23.2 Å². The normalized spacial score (nSPS) is 14.6. The molecule has 17 heavy (non-hydrogen) atoms. The SMILES string of the molecule is O=C(NCCNC1CC1)c1cc(Br)ccc1O. The highest BCUT2D eigenvalue weighted by Gasteiger charge is 2.19. The molecule has 0 aliphatic heterocycles. The Balaban J connectivity index is 1.82. The third-order valence-corrected chi connectivity index (χ3v) is 3.12. The van der Waals surface area contributed by atoms with Crippen LogP contribution in [0.4, 0.5) is 0 Å². The molecule has 0 spiro atoms. The molecule has 0 atom stereocenters. The quantitative estimate of drug-likeness (QED) is 0.724. The lowest BCUT2D eigenvalue weighted by atomic mass is 10.2. The topological polar surface area (TPSA) is 61.4 Å². The first-order valence-electron chi connectivity index (χ1n) is 5.67. The number of nitrogens with one attached hydrogen (secondary N) is 2. The van der Waals surface area contributed by atoms with E-state index in [1.54, 1.807) is 12.1 Å². The van der Waals surface area contributed by atoms with Crippen LogP contribution in [-0.2, 0) is 0 Å². The van der Waals surface area contributed by atoms with Crippen molar-refractivity contribution in [3.63, 3.8) is 0 Å². The van der Waals surface area contributed by atoms with Gasteiger partial charge in [0, 0.05) is 23.6 Å². The van der Waals surface area contributed by atoms with Crippen LogP contribution in [-0.4, -0.2) is 30.1 Å². The largest absolute Gasteiger partial charge is 0.507 e. The van der Waals surface area contributed by atoms with E-state index in [0.29, 0.717) is 18.2 Å². The molecule has 92 valence electrons. The fraction of sp³-hybridized carbons (Fsp3) is 0.417. The Morgan fingerprint density at radius 1 is 1.41 bits per heavy atom. The van der Waals surface area contributed by atoms with Gasteiger partial charge in [-0.3, -0.25) is 4.79 Å². The number of amides is 1. The van der Waals surface area contributed by atoms with E-state index in [1.807, 2.05) is 0 Å². The van der Waals surface area contributed by atoms with Crippen molar-refractivity contribution in [2.24, 2.45) is 0 Å². The third-order valence-electron chi connectivity index (χ3n) is 2.62. The summed E-state index contributed by atoms with van der Waals surface area (Å²) in [5.74, 6) is -0.248. The van der Waals surface area contributed by atoms with Crippen LogP contribution in [0.3, 0.4) is 0 Å². The highest BCUT2D eigenvalue weighted by molar-refractivity contribution is 9.10. The van der Waals surface area contributed by atoms with Gasteiger partial charge in [0.1, 0.15) is 5.75 Å². The number of carbonyl (C=O) groups is 1. The molecule has 2 rings (SSSR count). The van der Waals surface area contributed by atoms with Crippen molar-refractivity contribution < 1.29 is 9.90 Å². The number of aromatic hydroxyl groups is 1. The molecule has 0 saturated heterocycles. The monoisotopic (exact) mass is 298 g/mol. The van der Waals surface area contributed by atoms with Crippen molar-refractivity contribution in [1.29, 1.82) is 0 Å². The predicted molar refractivity (Wildman–Crippen MR) is 69.2 cm³/mol. The molecule has 0 heterocycles. The standard InChI is InChI=1S/C12H15BrN2O2/c13-8-1-4-11(16)10(7-8)12(17)15-6-5-14-9-2-3-9/h1,4,7,9,14,16H,2-3,5-6H2,(H,15,17). The molecule has 1 fully saturated rings. The van der Waals surface area contributed by atoms with Gasteiger partial charge in [-0.15, -0.1) is 0 Å². The summed E-state index contributed by atoms with van der Waals surface area (Å²) < 4.78 is 0.775. The molecule has 4 nitrogen and oxygen atoms in total. The highest BCUT2D eigenvalue weighted by atomic mass is 79.9. The average molecular weight is 299 g/mol. The third kappa shape index (κ3) is 3.71. The smallest absolute Gasteiger partial charge is 0.255 e. The summed E-state index contributed by atoms with van der Waals surface area (Å²) in [4.78, 5) is 11.8. The zero-order chi connectivity index (χ0) is 12.3. The van der Waals surface area contributed by atoms with Gasteiger partial charge in [0.05, 0.1) is 5.56 Å². The molecule has 5 heteroatoms. The summed E-state index contributed by atoms with van der Waals surface area (Å²) in [6, 6.07) is 5.45. The van der Waals surface area contributed by atoms with E-state index in [1.165, 1.54) is 18.9 Å². The van der Waals surface area contributed by atoms with Crippen molar-refractivity contribution in [2.75, 3.05) is 13.1 Å². The first kappa shape index (κ1) is 12.4. The van der Waals surface area contributed by atoms with Crippen molar-refractivity contribution in [3.8, 4) is 5.75 Å². The van der Waals surface area contributed by atoms with Crippen LogP contribution in [0.25, 0.3) is 0 Å². The van der Waals surface area contributed by atoms with Crippen molar-refractivity contribution in [3.05, 3.63) is 28.2 Å². The number of carbonyl (C=O) groups excluding carboxylic acids is 1. The Morgan fingerprint density at radius 3 is 2.88 bits per heavy atom. The molecule has 1 aliphatic rings. The molecule has 1 amide bonds. The maximum Gasteiger partial charge on any atom is 0.255 e. The van der Waals surface area contributed by atoms with Gasteiger partial charge in [0.2, 0.25) is 0 Å². The molecule has 1 saturated carbocycles. The average Bonchev–Trinajstić information content (AvgIpc) is 3.11. The fourth-order valence-electron chi connectivity index (χ4n) is 1.53. The van der Waals surface area contributed by atoms with Crippen molar-refractivity contribution in [1.82, 2.24) is 10.6 Å². The molecule has 1 aromatic carbocycles. The lowest BCUT2D eigenvalue weighted by Gasteiger charge is -2.07. The number of phenolic OH excluding ortho intramolecular Hbond substituents is 1. The van der Waals surface area contributed by atoms with Gasteiger partial charge in [0.25, 0.3) is 5.91 Å². The molecule has 0 bridgehead atoms. The van der Waals surface area contributed by atoms with E-state index in [2.05, 4.69) is 26.6 Å². The maximum atomic E-state index is 11.8. The first-order valence-corrected chi connectivity index (χ1v) is 6.46. The van der Waals surface area contributed by atoms with Gasteiger partial charge in [-0.25, -0.2) is 0 Å². The van der Waals surface area contributed by atoms with Gasteiger partial charge < -0.3 is 15.7 Å². The lowest BCUT2D eigenvalue weighted by Crippen LogP contribution is -2.32. The minimum absolute atomic E-state index is 0.000789. The minimum Gasteiger partial charge on any atom is -0.507 e. The number of hydrogen-bond acceptors (Lipinski definition) is 3. The number of rotatable bonds is 5. The Hall–Kier alpha value is -1.07. The van der Waals surface area contributed by atoms with E-state index in [0.717, 1.165) is 11.0 Å². The molecular weight excluding hydrogens is 284 g/mol. The molecular formula is C12H15BrN2O2. The van der Waals surface area contributed by atoms with Gasteiger partial charge in [-0.2, -0.15) is 0 Å². The van der Waals surface area contributed by atoms with Gasteiger partial charge >= 0.3 is 0 Å².